The lowest BCUT2D eigenvalue weighted by molar-refractivity contribution is 0.302. The van der Waals surface area contributed by atoms with Crippen molar-refractivity contribution in [2.24, 2.45) is 0 Å². The van der Waals surface area contributed by atoms with Gasteiger partial charge >= 0.3 is 0 Å². The number of rotatable bonds is 4. The fraction of sp³-hybridized carbons (Fsp3) is 0.455. The molecule has 0 saturated heterocycles. The Morgan fingerprint density at radius 2 is 2.25 bits per heavy atom. The largest absolute Gasteiger partial charge is 0.395 e. The quantitative estimate of drug-likeness (QED) is 0.881. The summed E-state index contributed by atoms with van der Waals surface area (Å²) in [6.45, 7) is 5.71. The van der Waals surface area contributed by atoms with Crippen LogP contribution in [-0.2, 0) is 0 Å². The van der Waals surface area contributed by atoms with Crippen LogP contribution in [0.2, 0.25) is 0 Å². The molecule has 0 fully saturated rings. The van der Waals surface area contributed by atoms with Crippen molar-refractivity contribution in [3.8, 4) is 0 Å². The van der Waals surface area contributed by atoms with Crippen LogP contribution in [0.15, 0.2) is 11.7 Å². The number of aryl methyl sites for hydroxylation is 1. The second-order valence-electron chi connectivity index (χ2n) is 3.60. The zero-order valence-corrected chi connectivity index (χ0v) is 10.3. The molecule has 0 aromatic carbocycles. The summed E-state index contributed by atoms with van der Waals surface area (Å²) in [5.74, 6) is 0.931. The molecule has 0 aliphatic heterocycles. The number of hydrogen-bond acceptors (Lipinski definition) is 5. The molecule has 5 heteroatoms. The summed E-state index contributed by atoms with van der Waals surface area (Å²) in [6.07, 6.45) is 1.59. The van der Waals surface area contributed by atoms with Crippen molar-refractivity contribution >= 4 is 27.4 Å². The van der Waals surface area contributed by atoms with E-state index in [1.807, 2.05) is 0 Å². The summed E-state index contributed by atoms with van der Waals surface area (Å²) in [6, 6.07) is 0. The molecule has 2 aromatic heterocycles. The molecule has 0 unspecified atom stereocenters. The zero-order chi connectivity index (χ0) is 11.5. The van der Waals surface area contributed by atoms with Crippen LogP contribution in [0.5, 0.6) is 0 Å². The van der Waals surface area contributed by atoms with Gasteiger partial charge in [-0.2, -0.15) is 0 Å². The molecular weight excluding hydrogens is 222 g/mol. The maximum absolute atomic E-state index is 9.04. The van der Waals surface area contributed by atoms with E-state index in [0.29, 0.717) is 6.54 Å². The van der Waals surface area contributed by atoms with Crippen LogP contribution in [0.1, 0.15) is 12.5 Å². The molecule has 0 atom stereocenters. The van der Waals surface area contributed by atoms with Crippen LogP contribution < -0.4 is 4.90 Å². The van der Waals surface area contributed by atoms with E-state index in [4.69, 9.17) is 5.11 Å². The second-order valence-corrected chi connectivity index (χ2v) is 4.46. The van der Waals surface area contributed by atoms with E-state index < -0.39 is 0 Å². The predicted molar refractivity (Wildman–Crippen MR) is 67.1 cm³/mol. The average molecular weight is 237 g/mol. The number of likely N-dealkylation sites (N-methyl/N-ethyl adjacent to an activating group) is 1. The van der Waals surface area contributed by atoms with Crippen LogP contribution in [-0.4, -0.2) is 34.8 Å². The zero-order valence-electron chi connectivity index (χ0n) is 9.47. The van der Waals surface area contributed by atoms with Crippen LogP contribution in [0.4, 0.5) is 5.82 Å². The van der Waals surface area contributed by atoms with Crippen molar-refractivity contribution in [2.45, 2.75) is 13.8 Å². The first kappa shape index (κ1) is 11.3. The summed E-state index contributed by atoms with van der Waals surface area (Å²) in [4.78, 5) is 11.7. The highest BCUT2D eigenvalue weighted by atomic mass is 32.1. The fourth-order valence-electron chi connectivity index (χ4n) is 1.77. The van der Waals surface area contributed by atoms with Gasteiger partial charge in [-0.25, -0.2) is 9.97 Å². The summed E-state index contributed by atoms with van der Waals surface area (Å²) in [5.41, 5.74) is 1.20. The summed E-state index contributed by atoms with van der Waals surface area (Å²) in [5, 5.41) is 12.2. The van der Waals surface area contributed by atoms with Crippen molar-refractivity contribution in [2.75, 3.05) is 24.6 Å². The molecule has 0 saturated carbocycles. The lowest BCUT2D eigenvalue weighted by Crippen LogP contribution is -2.27. The van der Waals surface area contributed by atoms with Gasteiger partial charge in [-0.3, -0.25) is 0 Å². The molecule has 4 nitrogen and oxygen atoms in total. The summed E-state index contributed by atoms with van der Waals surface area (Å²) >= 11 is 1.63. The number of anilines is 1. The van der Waals surface area contributed by atoms with Crippen LogP contribution >= 0.6 is 11.3 Å². The van der Waals surface area contributed by atoms with E-state index in [2.05, 4.69) is 34.1 Å². The van der Waals surface area contributed by atoms with E-state index in [1.165, 1.54) is 5.56 Å². The first-order valence-corrected chi connectivity index (χ1v) is 6.20. The predicted octanol–water partition coefficient (Wildman–Crippen LogP) is 1.82. The molecule has 1 N–H and O–H groups in total. The third-order valence-corrected chi connectivity index (χ3v) is 3.59. The van der Waals surface area contributed by atoms with Gasteiger partial charge in [0.15, 0.2) is 0 Å². The Bertz CT molecular complexity index is 483. The number of aromatic nitrogens is 2. The van der Waals surface area contributed by atoms with Gasteiger partial charge in [0.1, 0.15) is 17.0 Å². The minimum absolute atomic E-state index is 0.141. The van der Waals surface area contributed by atoms with Crippen LogP contribution in [0.25, 0.3) is 10.2 Å². The van der Waals surface area contributed by atoms with Gasteiger partial charge in [-0.15, -0.1) is 11.3 Å². The molecule has 0 bridgehead atoms. The van der Waals surface area contributed by atoms with E-state index in [-0.39, 0.29) is 6.61 Å². The molecule has 0 radical (unpaired) electrons. The number of aliphatic hydroxyl groups is 1. The minimum atomic E-state index is 0.141. The lowest BCUT2D eigenvalue weighted by atomic mass is 10.2. The molecule has 16 heavy (non-hydrogen) atoms. The van der Waals surface area contributed by atoms with Crippen molar-refractivity contribution in [1.82, 2.24) is 9.97 Å². The van der Waals surface area contributed by atoms with Gasteiger partial charge in [0.2, 0.25) is 0 Å². The Balaban J connectivity index is 2.53. The standard InChI is InChI=1S/C11H15N3OS/c1-3-14(4-5-15)10-9-8(2)6-16-11(9)13-7-12-10/h6-7,15H,3-5H2,1-2H3. The van der Waals surface area contributed by atoms with Gasteiger partial charge < -0.3 is 10.0 Å². The summed E-state index contributed by atoms with van der Waals surface area (Å²) < 4.78 is 0. The van der Waals surface area contributed by atoms with Gasteiger partial charge in [-0.1, -0.05) is 0 Å². The van der Waals surface area contributed by atoms with Crippen molar-refractivity contribution in [3.63, 3.8) is 0 Å². The minimum Gasteiger partial charge on any atom is -0.395 e. The van der Waals surface area contributed by atoms with Crippen LogP contribution in [0.3, 0.4) is 0 Å². The third kappa shape index (κ3) is 1.88. The molecule has 2 heterocycles. The van der Waals surface area contributed by atoms with Crippen LogP contribution in [0, 0.1) is 6.92 Å². The monoisotopic (exact) mass is 237 g/mol. The van der Waals surface area contributed by atoms with E-state index in [9.17, 15) is 0 Å². The topological polar surface area (TPSA) is 49.2 Å². The molecule has 0 amide bonds. The number of aliphatic hydroxyl groups excluding tert-OH is 1. The Labute approximate surface area is 98.6 Å². The van der Waals surface area contributed by atoms with Gasteiger partial charge in [0.25, 0.3) is 0 Å². The van der Waals surface area contributed by atoms with Gasteiger partial charge in [0, 0.05) is 13.1 Å². The molecule has 2 aromatic rings. The molecule has 0 spiro atoms. The van der Waals surface area contributed by atoms with E-state index in [1.54, 1.807) is 17.7 Å². The molecule has 2 rings (SSSR count). The normalized spacial score (nSPS) is 10.9. The molecule has 86 valence electrons. The van der Waals surface area contributed by atoms with E-state index >= 15 is 0 Å². The molecule has 0 aliphatic rings. The number of nitrogens with zero attached hydrogens (tertiary/aromatic N) is 3. The Morgan fingerprint density at radius 1 is 1.44 bits per heavy atom. The smallest absolute Gasteiger partial charge is 0.141 e. The SMILES string of the molecule is CCN(CCO)c1ncnc2scc(C)c12. The van der Waals surface area contributed by atoms with Crippen molar-refractivity contribution < 1.29 is 5.11 Å². The number of thiophene rings is 1. The summed E-state index contributed by atoms with van der Waals surface area (Å²) in [7, 11) is 0. The molecule has 0 aliphatic carbocycles. The Hall–Kier alpha value is -1.20. The average Bonchev–Trinajstić information content (AvgIpc) is 2.68. The van der Waals surface area contributed by atoms with E-state index in [0.717, 1.165) is 22.6 Å². The first-order valence-electron chi connectivity index (χ1n) is 5.32. The highest BCUT2D eigenvalue weighted by Crippen LogP contribution is 2.30. The third-order valence-electron chi connectivity index (χ3n) is 2.59. The fourth-order valence-corrected chi connectivity index (χ4v) is 2.66. The number of hydrogen-bond donors (Lipinski definition) is 1. The highest BCUT2D eigenvalue weighted by Gasteiger charge is 2.13. The maximum Gasteiger partial charge on any atom is 0.141 e. The van der Waals surface area contributed by atoms with Gasteiger partial charge in [-0.05, 0) is 24.8 Å². The highest BCUT2D eigenvalue weighted by molar-refractivity contribution is 7.17. The van der Waals surface area contributed by atoms with Crippen molar-refractivity contribution in [1.29, 1.82) is 0 Å². The van der Waals surface area contributed by atoms with Crippen molar-refractivity contribution in [3.05, 3.63) is 17.3 Å². The van der Waals surface area contributed by atoms with Gasteiger partial charge in [0.05, 0.1) is 12.0 Å². The maximum atomic E-state index is 9.04. The Kier molecular flexibility index (Phi) is 3.36. The lowest BCUT2D eigenvalue weighted by Gasteiger charge is -2.21. The molecular formula is C11H15N3OS. The Morgan fingerprint density at radius 3 is 2.94 bits per heavy atom. The second kappa shape index (κ2) is 4.76. The number of fused-ring (bicyclic) bond motifs is 1. The first-order chi connectivity index (χ1) is 7.77.